The van der Waals surface area contributed by atoms with Gasteiger partial charge < -0.3 is 24.1 Å². The normalized spacial score (nSPS) is 12.6. The van der Waals surface area contributed by atoms with Crippen LogP contribution < -0.4 is 4.74 Å². The molecule has 2 N–H and O–H groups in total. The standard InChI is InChI=1S/C42H38F2N2O5S2/c1-7-23(4)38(39-25(6)46(34-19-31(43)35(47)16-30(34)39)41(53)27-14-10-22(3)11-15-27)42(50)51-36-17-29-28(18-37(48)49)24(5)45(33(29)20-32(36)44)40(52)26-12-8-21(2)9-13-26/h8-17,19-20,23,38,47H,7,18H2,1-6H3,(H,48,49). The summed E-state index contributed by atoms with van der Waals surface area (Å²) in [4.78, 5) is 27.2. The highest BCUT2D eigenvalue weighted by Gasteiger charge is 2.35. The predicted molar refractivity (Wildman–Crippen MR) is 211 cm³/mol. The fourth-order valence-corrected chi connectivity index (χ4v) is 7.73. The Hall–Kier alpha value is -5.26. The molecule has 2 heterocycles. The van der Waals surface area contributed by atoms with Gasteiger partial charge in [-0.15, -0.1) is 0 Å². The molecule has 0 bridgehead atoms. The van der Waals surface area contributed by atoms with Crippen molar-refractivity contribution in [3.05, 3.63) is 129 Å². The third kappa shape index (κ3) is 6.87. The largest absolute Gasteiger partial charge is 0.505 e. The van der Waals surface area contributed by atoms with E-state index in [1.165, 1.54) is 24.3 Å². The number of esters is 1. The minimum atomic E-state index is -1.09. The summed E-state index contributed by atoms with van der Waals surface area (Å²) in [5, 5.41) is 21.1. The lowest BCUT2D eigenvalue weighted by molar-refractivity contribution is -0.138. The minimum Gasteiger partial charge on any atom is -0.505 e. The van der Waals surface area contributed by atoms with E-state index in [1.54, 1.807) is 23.0 Å². The van der Waals surface area contributed by atoms with Crippen LogP contribution in [0.3, 0.4) is 0 Å². The molecule has 53 heavy (non-hydrogen) atoms. The number of aromatic hydroxyl groups is 1. The summed E-state index contributed by atoms with van der Waals surface area (Å²) in [6, 6.07) is 20.1. The molecule has 4 aromatic carbocycles. The van der Waals surface area contributed by atoms with Gasteiger partial charge in [0.1, 0.15) is 9.98 Å². The number of phenols is 1. The molecule has 0 radical (unpaired) electrons. The summed E-state index contributed by atoms with van der Waals surface area (Å²) in [5.74, 6) is -5.91. The lowest BCUT2D eigenvalue weighted by Gasteiger charge is -2.23. The zero-order valence-corrected chi connectivity index (χ0v) is 31.7. The Balaban J connectivity index is 1.48. The molecule has 0 amide bonds. The van der Waals surface area contributed by atoms with Crippen molar-refractivity contribution in [3.63, 3.8) is 0 Å². The van der Waals surface area contributed by atoms with Gasteiger partial charge in [-0.05, 0) is 56.9 Å². The fourth-order valence-electron chi connectivity index (χ4n) is 6.99. The number of carbonyl (C=O) groups is 2. The summed E-state index contributed by atoms with van der Waals surface area (Å²) >= 11 is 11.7. The van der Waals surface area contributed by atoms with Crippen LogP contribution in [0.5, 0.6) is 11.5 Å². The van der Waals surface area contributed by atoms with Crippen molar-refractivity contribution in [3.8, 4) is 11.5 Å². The van der Waals surface area contributed by atoms with Crippen molar-refractivity contribution < 1.29 is 33.3 Å². The molecule has 0 aliphatic carbocycles. The minimum absolute atomic E-state index is 0.334. The monoisotopic (exact) mass is 752 g/mol. The van der Waals surface area contributed by atoms with Crippen LogP contribution in [0.25, 0.3) is 21.8 Å². The third-order valence-corrected chi connectivity index (χ3v) is 10.9. The number of carboxylic acids is 1. The van der Waals surface area contributed by atoms with Crippen LogP contribution in [0.15, 0.2) is 72.8 Å². The average Bonchev–Trinajstić information content (AvgIpc) is 3.52. The number of hydrogen-bond donors (Lipinski definition) is 2. The number of halogens is 2. The van der Waals surface area contributed by atoms with Gasteiger partial charge in [0.15, 0.2) is 23.1 Å². The van der Waals surface area contributed by atoms with Gasteiger partial charge >= 0.3 is 11.9 Å². The summed E-state index contributed by atoms with van der Waals surface area (Å²) in [6.07, 6.45) is 0.143. The SMILES string of the molecule is CCC(C)C(C(=O)Oc1cc2c(CC(=O)O)c(C)n(C(=S)c3ccc(C)cc3)c2cc1F)c1c(C)n(C(=S)c2ccc(C)cc2)c2cc(F)c(O)cc12. The van der Waals surface area contributed by atoms with E-state index in [9.17, 15) is 24.2 Å². The van der Waals surface area contributed by atoms with Gasteiger partial charge in [-0.3, -0.25) is 9.59 Å². The van der Waals surface area contributed by atoms with Gasteiger partial charge in [0.05, 0.1) is 23.4 Å². The predicted octanol–water partition coefficient (Wildman–Crippen LogP) is 9.62. The summed E-state index contributed by atoms with van der Waals surface area (Å²) < 4.78 is 40.3. The molecule has 272 valence electrons. The van der Waals surface area contributed by atoms with Crippen LogP contribution in [-0.4, -0.2) is 41.3 Å². The Morgan fingerprint density at radius 2 is 1.28 bits per heavy atom. The van der Waals surface area contributed by atoms with Gasteiger partial charge in [0.2, 0.25) is 0 Å². The molecule has 0 aliphatic rings. The number of fused-ring (bicyclic) bond motifs is 2. The maximum Gasteiger partial charge on any atom is 0.319 e. The Bertz CT molecular complexity index is 2460. The van der Waals surface area contributed by atoms with Gasteiger partial charge in [-0.2, -0.15) is 0 Å². The van der Waals surface area contributed by atoms with E-state index >= 15 is 4.39 Å². The number of carboxylic acid groups (broad SMARTS) is 1. The number of aromatic nitrogens is 2. The first-order valence-corrected chi connectivity index (χ1v) is 18.0. The van der Waals surface area contributed by atoms with Crippen molar-refractivity contribution in [1.29, 1.82) is 0 Å². The molecule has 6 aromatic rings. The van der Waals surface area contributed by atoms with E-state index in [-0.39, 0.29) is 18.1 Å². The summed E-state index contributed by atoms with van der Waals surface area (Å²) in [7, 11) is 0. The molecular formula is C42H38F2N2O5S2. The van der Waals surface area contributed by atoms with Crippen molar-refractivity contribution in [2.24, 2.45) is 5.92 Å². The van der Waals surface area contributed by atoms with Gasteiger partial charge in [0.25, 0.3) is 0 Å². The molecule has 0 fully saturated rings. The van der Waals surface area contributed by atoms with Crippen molar-refractivity contribution in [2.45, 2.75) is 60.3 Å². The van der Waals surface area contributed by atoms with Crippen LogP contribution >= 0.6 is 24.4 Å². The number of rotatable bonds is 9. The molecule has 7 nitrogen and oxygen atoms in total. The third-order valence-electron chi connectivity index (χ3n) is 10.0. The number of hydrogen-bond acceptors (Lipinski definition) is 6. The van der Waals surface area contributed by atoms with Crippen LogP contribution in [0.1, 0.15) is 71.0 Å². The van der Waals surface area contributed by atoms with Gasteiger partial charge in [0, 0.05) is 45.4 Å². The second-order valence-corrected chi connectivity index (χ2v) is 14.3. The number of nitrogens with zero attached hydrogens (tertiary/aromatic N) is 2. The second kappa shape index (κ2) is 14.6. The van der Waals surface area contributed by atoms with E-state index < -0.39 is 35.2 Å². The summed E-state index contributed by atoms with van der Waals surface area (Å²) in [5.41, 5.74) is 6.07. The highest BCUT2D eigenvalue weighted by Crippen LogP contribution is 2.41. The number of aliphatic carboxylic acids is 1. The molecule has 6 rings (SSSR count). The van der Waals surface area contributed by atoms with Crippen LogP contribution in [0.4, 0.5) is 8.78 Å². The number of benzene rings is 4. The van der Waals surface area contributed by atoms with E-state index in [0.717, 1.165) is 11.1 Å². The Morgan fingerprint density at radius 1 is 0.774 bits per heavy atom. The molecule has 0 aliphatic heterocycles. The molecule has 2 atom stereocenters. The van der Waals surface area contributed by atoms with E-state index in [2.05, 4.69) is 0 Å². The number of aryl methyl sites for hydroxylation is 2. The van der Waals surface area contributed by atoms with Crippen LogP contribution in [0.2, 0.25) is 0 Å². The first kappa shape index (κ1) is 37.5. The maximum atomic E-state index is 16.1. The van der Waals surface area contributed by atoms with Crippen molar-refractivity contribution >= 4 is 68.2 Å². The highest BCUT2D eigenvalue weighted by molar-refractivity contribution is 7.81. The molecular weight excluding hydrogens is 715 g/mol. The average molecular weight is 753 g/mol. The van der Waals surface area contributed by atoms with Crippen LogP contribution in [0, 0.1) is 45.2 Å². The van der Waals surface area contributed by atoms with E-state index in [1.807, 2.05) is 76.2 Å². The summed E-state index contributed by atoms with van der Waals surface area (Å²) in [6.45, 7) is 11.1. The topological polar surface area (TPSA) is 93.7 Å². The molecule has 0 spiro atoms. The Labute approximate surface area is 316 Å². The van der Waals surface area contributed by atoms with E-state index in [0.29, 0.717) is 71.8 Å². The van der Waals surface area contributed by atoms with Gasteiger partial charge in [-0.25, -0.2) is 8.78 Å². The number of phenolic OH excluding ortho intramolecular Hbond substituents is 1. The second-order valence-electron chi connectivity index (χ2n) is 13.6. The molecule has 0 saturated carbocycles. The van der Waals surface area contributed by atoms with E-state index in [4.69, 9.17) is 29.2 Å². The number of ether oxygens (including phenoxy) is 1. The Morgan fingerprint density at radius 3 is 1.81 bits per heavy atom. The zero-order chi connectivity index (χ0) is 38.5. The molecule has 2 aromatic heterocycles. The highest BCUT2D eigenvalue weighted by atomic mass is 32.1. The molecule has 0 saturated heterocycles. The fraction of sp³-hybridized carbons (Fsp3) is 0.238. The zero-order valence-electron chi connectivity index (χ0n) is 30.1. The smallest absolute Gasteiger partial charge is 0.319 e. The first-order valence-electron chi connectivity index (χ1n) is 17.2. The van der Waals surface area contributed by atoms with Crippen LogP contribution in [-0.2, 0) is 16.0 Å². The molecule has 2 unspecified atom stereocenters. The number of thiocarbonyl (C=S) groups is 2. The maximum absolute atomic E-state index is 16.1. The molecule has 11 heteroatoms. The number of carbonyl (C=O) groups excluding carboxylic acids is 1. The lowest BCUT2D eigenvalue weighted by atomic mass is 9.84. The Kier molecular flexibility index (Phi) is 10.4. The van der Waals surface area contributed by atoms with Gasteiger partial charge in [-0.1, -0.05) is 104 Å². The first-order chi connectivity index (χ1) is 25.1. The van der Waals surface area contributed by atoms with Crippen molar-refractivity contribution in [1.82, 2.24) is 9.13 Å². The van der Waals surface area contributed by atoms with Crippen molar-refractivity contribution in [2.75, 3.05) is 0 Å². The quantitative estimate of drug-likeness (QED) is 0.0864. The lowest BCUT2D eigenvalue weighted by Crippen LogP contribution is -2.26.